The molecular weight excluding hydrogens is 362 g/mol. The van der Waals surface area contributed by atoms with Crippen LogP contribution in [-0.4, -0.2) is 20.7 Å². The van der Waals surface area contributed by atoms with E-state index in [1.807, 2.05) is 43.0 Å². The van der Waals surface area contributed by atoms with Crippen molar-refractivity contribution < 1.29 is 13.9 Å². The molecule has 3 rings (SSSR count). The van der Waals surface area contributed by atoms with Crippen LogP contribution in [0, 0.1) is 26.7 Å². The summed E-state index contributed by atoms with van der Waals surface area (Å²) in [4.78, 5) is 17.8. The molecule has 0 fully saturated rings. The van der Waals surface area contributed by atoms with Gasteiger partial charge in [-0.25, -0.2) is 4.98 Å². The van der Waals surface area contributed by atoms with E-state index in [-0.39, 0.29) is 19.0 Å². The summed E-state index contributed by atoms with van der Waals surface area (Å²) in [7, 11) is 0. The molecule has 144 valence electrons. The molecule has 0 aromatic carbocycles. The van der Waals surface area contributed by atoms with E-state index < -0.39 is 0 Å². The van der Waals surface area contributed by atoms with Crippen molar-refractivity contribution in [2.45, 2.75) is 54.2 Å². The first kappa shape index (κ1) is 19.4. The monoisotopic (exact) mass is 387 g/mol. The van der Waals surface area contributed by atoms with Crippen LogP contribution in [0.1, 0.15) is 42.3 Å². The van der Waals surface area contributed by atoms with E-state index in [0.717, 1.165) is 28.4 Å². The number of carbonyl (C=O) groups is 1. The van der Waals surface area contributed by atoms with Crippen molar-refractivity contribution in [3.05, 3.63) is 45.9 Å². The molecule has 3 heterocycles. The summed E-state index contributed by atoms with van der Waals surface area (Å²) in [5.74, 6) is 1.44. The number of rotatable bonds is 7. The Labute approximate surface area is 163 Å². The molecule has 0 saturated carbocycles. The lowest BCUT2D eigenvalue weighted by molar-refractivity contribution is -0.144. The third kappa shape index (κ3) is 4.47. The highest BCUT2D eigenvalue weighted by Crippen LogP contribution is 2.26. The van der Waals surface area contributed by atoms with Gasteiger partial charge >= 0.3 is 5.97 Å². The number of nitrogens with zero attached hydrogens (tertiary/aromatic N) is 3. The normalized spacial score (nSPS) is 11.3. The van der Waals surface area contributed by atoms with Gasteiger partial charge in [0.2, 0.25) is 5.89 Å². The van der Waals surface area contributed by atoms with E-state index in [1.165, 1.54) is 0 Å². The highest BCUT2D eigenvalue weighted by molar-refractivity contribution is 7.13. The fourth-order valence-corrected chi connectivity index (χ4v) is 3.57. The van der Waals surface area contributed by atoms with E-state index >= 15 is 0 Å². The number of hydrogen-bond acceptors (Lipinski definition) is 6. The van der Waals surface area contributed by atoms with Crippen LogP contribution in [0.15, 0.2) is 21.9 Å². The summed E-state index contributed by atoms with van der Waals surface area (Å²) >= 11 is 1.56. The topological polar surface area (TPSA) is 70.2 Å². The Hall–Kier alpha value is -2.41. The number of esters is 1. The molecule has 6 nitrogen and oxygen atoms in total. The number of aromatic nitrogens is 3. The van der Waals surface area contributed by atoms with Gasteiger partial charge in [-0.3, -0.25) is 9.48 Å². The van der Waals surface area contributed by atoms with E-state index in [1.54, 1.807) is 11.3 Å². The molecule has 3 aromatic heterocycles. The minimum Gasteiger partial charge on any atom is -0.459 e. The largest absolute Gasteiger partial charge is 0.459 e. The van der Waals surface area contributed by atoms with E-state index in [4.69, 9.17) is 9.15 Å². The van der Waals surface area contributed by atoms with Gasteiger partial charge in [0.05, 0.1) is 17.0 Å². The molecule has 0 N–H and O–H groups in total. The molecule has 0 aliphatic carbocycles. The first-order valence-electron chi connectivity index (χ1n) is 9.03. The smallest absolute Gasteiger partial charge is 0.310 e. The number of thiophene rings is 1. The van der Waals surface area contributed by atoms with Gasteiger partial charge in [-0.15, -0.1) is 11.3 Å². The number of oxazole rings is 1. The van der Waals surface area contributed by atoms with Gasteiger partial charge in [0.25, 0.3) is 0 Å². The van der Waals surface area contributed by atoms with Crippen molar-refractivity contribution in [1.29, 1.82) is 0 Å². The second-order valence-corrected chi connectivity index (χ2v) is 8.01. The fourth-order valence-electron chi connectivity index (χ4n) is 2.93. The van der Waals surface area contributed by atoms with Crippen molar-refractivity contribution in [3.8, 4) is 10.8 Å². The van der Waals surface area contributed by atoms with Crippen molar-refractivity contribution in [1.82, 2.24) is 14.8 Å². The number of ether oxygens (including phenoxy) is 1. The molecule has 0 aliphatic heterocycles. The molecule has 0 amide bonds. The maximum absolute atomic E-state index is 12.4. The van der Waals surface area contributed by atoms with Crippen LogP contribution in [0.5, 0.6) is 0 Å². The molecule has 0 radical (unpaired) electrons. The van der Waals surface area contributed by atoms with Crippen molar-refractivity contribution >= 4 is 17.3 Å². The lowest BCUT2D eigenvalue weighted by atomic mass is 10.1. The van der Waals surface area contributed by atoms with Crippen LogP contribution in [0.3, 0.4) is 0 Å². The molecule has 27 heavy (non-hydrogen) atoms. The second kappa shape index (κ2) is 8.08. The van der Waals surface area contributed by atoms with E-state index in [9.17, 15) is 4.79 Å². The van der Waals surface area contributed by atoms with Crippen molar-refractivity contribution in [3.63, 3.8) is 0 Å². The van der Waals surface area contributed by atoms with E-state index in [2.05, 4.69) is 23.9 Å². The van der Waals surface area contributed by atoms with Crippen LogP contribution >= 0.6 is 11.3 Å². The first-order chi connectivity index (χ1) is 12.8. The Morgan fingerprint density at radius 1 is 1.33 bits per heavy atom. The Balaban J connectivity index is 1.63. The van der Waals surface area contributed by atoms with Gasteiger partial charge in [0.1, 0.15) is 18.1 Å². The predicted octanol–water partition coefficient (Wildman–Crippen LogP) is 4.47. The molecule has 3 aromatic rings. The van der Waals surface area contributed by atoms with Crippen LogP contribution in [0.25, 0.3) is 10.8 Å². The third-order valence-corrected chi connectivity index (χ3v) is 5.24. The molecule has 0 bridgehead atoms. The number of carbonyl (C=O) groups excluding carboxylic acids is 1. The van der Waals surface area contributed by atoms with Crippen molar-refractivity contribution in [2.24, 2.45) is 5.92 Å². The predicted molar refractivity (Wildman–Crippen MR) is 105 cm³/mol. The van der Waals surface area contributed by atoms with Gasteiger partial charge in [0, 0.05) is 17.8 Å². The molecule has 7 heteroatoms. The first-order valence-corrected chi connectivity index (χ1v) is 9.91. The maximum atomic E-state index is 12.4. The molecule has 0 aliphatic rings. The number of aryl methyl sites for hydroxylation is 2. The summed E-state index contributed by atoms with van der Waals surface area (Å²) in [6, 6.07) is 3.90. The number of hydrogen-bond donors (Lipinski definition) is 0. The summed E-state index contributed by atoms with van der Waals surface area (Å²) in [5, 5.41) is 6.52. The van der Waals surface area contributed by atoms with Crippen LogP contribution < -0.4 is 0 Å². The minimum atomic E-state index is -0.287. The Morgan fingerprint density at radius 3 is 2.78 bits per heavy atom. The third-order valence-electron chi connectivity index (χ3n) is 4.39. The fraction of sp³-hybridized carbons (Fsp3) is 0.450. The Kier molecular flexibility index (Phi) is 5.79. The quantitative estimate of drug-likeness (QED) is 0.560. The highest BCUT2D eigenvalue weighted by atomic mass is 32.1. The van der Waals surface area contributed by atoms with Crippen LogP contribution in [0.2, 0.25) is 0 Å². The van der Waals surface area contributed by atoms with Crippen LogP contribution in [0.4, 0.5) is 0 Å². The lowest BCUT2D eigenvalue weighted by Crippen LogP contribution is -2.11. The summed E-state index contributed by atoms with van der Waals surface area (Å²) < 4.78 is 13.1. The minimum absolute atomic E-state index is 0.109. The molecular formula is C20H25N3O3S. The van der Waals surface area contributed by atoms with Gasteiger partial charge < -0.3 is 9.15 Å². The second-order valence-electron chi connectivity index (χ2n) is 7.06. The standard InChI is InChI=1S/C20H25N3O3S/c1-12(2)10-23-14(4)16(13(3)22-23)9-19(24)25-11-17-15(5)26-20(21-17)18-7-6-8-27-18/h6-8,12H,9-11H2,1-5H3. The molecule has 0 saturated heterocycles. The SMILES string of the molecule is Cc1nn(CC(C)C)c(C)c1CC(=O)OCc1nc(-c2cccs2)oc1C. The maximum Gasteiger partial charge on any atom is 0.310 e. The van der Waals surface area contributed by atoms with Gasteiger partial charge in [-0.2, -0.15) is 5.10 Å². The Morgan fingerprint density at radius 2 is 2.11 bits per heavy atom. The lowest BCUT2D eigenvalue weighted by Gasteiger charge is -2.08. The van der Waals surface area contributed by atoms with Gasteiger partial charge in [0.15, 0.2) is 0 Å². The summed E-state index contributed by atoms with van der Waals surface area (Å²) in [5.41, 5.74) is 3.49. The molecule has 0 unspecified atom stereocenters. The summed E-state index contributed by atoms with van der Waals surface area (Å²) in [6.45, 7) is 11.0. The molecule has 0 spiro atoms. The highest BCUT2D eigenvalue weighted by Gasteiger charge is 2.18. The van der Waals surface area contributed by atoms with E-state index in [0.29, 0.717) is 23.3 Å². The summed E-state index contributed by atoms with van der Waals surface area (Å²) in [6.07, 6.45) is 0.213. The van der Waals surface area contributed by atoms with Gasteiger partial charge in [-0.1, -0.05) is 19.9 Å². The zero-order valence-electron chi connectivity index (χ0n) is 16.4. The molecule has 0 atom stereocenters. The van der Waals surface area contributed by atoms with Crippen molar-refractivity contribution in [2.75, 3.05) is 0 Å². The van der Waals surface area contributed by atoms with Gasteiger partial charge in [-0.05, 0) is 38.1 Å². The van der Waals surface area contributed by atoms with Crippen LogP contribution in [-0.2, 0) is 29.1 Å². The zero-order chi connectivity index (χ0) is 19.6. The average Bonchev–Trinajstić information content (AvgIpc) is 3.30. The average molecular weight is 388 g/mol. The Bertz CT molecular complexity index is 923. The zero-order valence-corrected chi connectivity index (χ0v) is 17.2.